The molecule has 1 aromatic heterocycles. The predicted octanol–water partition coefficient (Wildman–Crippen LogP) is 6.59. The number of hydrogen-bond donors (Lipinski definition) is 1. The third kappa shape index (κ3) is 4.26. The lowest BCUT2D eigenvalue weighted by molar-refractivity contribution is -0.117. The Kier molecular flexibility index (Phi) is 6.63. The van der Waals surface area contributed by atoms with Gasteiger partial charge in [0.1, 0.15) is 0 Å². The van der Waals surface area contributed by atoms with Gasteiger partial charge in [-0.25, -0.2) is 0 Å². The minimum Gasteiger partial charge on any atom is -0.369 e. The topological polar surface area (TPSA) is 65.1 Å². The summed E-state index contributed by atoms with van der Waals surface area (Å²) >= 11 is 6.46. The highest BCUT2D eigenvalue weighted by molar-refractivity contribution is 6.31. The second-order valence-corrected chi connectivity index (χ2v) is 9.70. The van der Waals surface area contributed by atoms with Crippen molar-refractivity contribution in [2.24, 2.45) is 5.73 Å². The first-order valence-electron chi connectivity index (χ1n) is 11.5. The van der Waals surface area contributed by atoms with Crippen molar-refractivity contribution in [1.82, 2.24) is 4.57 Å². The molecule has 4 nitrogen and oxygen atoms in total. The van der Waals surface area contributed by atoms with Crippen molar-refractivity contribution in [2.75, 3.05) is 0 Å². The van der Waals surface area contributed by atoms with Gasteiger partial charge in [0.2, 0.25) is 5.91 Å². The van der Waals surface area contributed by atoms with E-state index in [2.05, 4.69) is 39.8 Å². The molecular formula is C29H29ClN2O2. The van der Waals surface area contributed by atoms with Crippen LogP contribution in [0.5, 0.6) is 0 Å². The van der Waals surface area contributed by atoms with Gasteiger partial charge in [0.15, 0.2) is 0 Å². The van der Waals surface area contributed by atoms with Gasteiger partial charge in [-0.3, -0.25) is 14.2 Å². The Balaban J connectivity index is 2.27. The number of halogens is 1. The fourth-order valence-electron chi connectivity index (χ4n) is 4.68. The van der Waals surface area contributed by atoms with Crippen LogP contribution in [0.3, 0.4) is 0 Å². The second kappa shape index (κ2) is 9.47. The summed E-state index contributed by atoms with van der Waals surface area (Å²) in [6.07, 6.45) is -0.160. The minimum absolute atomic E-state index is 0.160. The molecule has 0 radical (unpaired) electrons. The average Bonchev–Trinajstić information content (AvgIpc) is 2.79. The van der Waals surface area contributed by atoms with E-state index in [1.807, 2.05) is 48.5 Å². The van der Waals surface area contributed by atoms with Crippen molar-refractivity contribution in [3.8, 4) is 16.8 Å². The summed E-state index contributed by atoms with van der Waals surface area (Å²) < 4.78 is 1.76. The van der Waals surface area contributed by atoms with Gasteiger partial charge in [0, 0.05) is 21.5 Å². The Morgan fingerprint density at radius 3 is 2.09 bits per heavy atom. The maximum atomic E-state index is 14.3. The van der Waals surface area contributed by atoms with Gasteiger partial charge in [0.25, 0.3) is 5.56 Å². The first-order valence-corrected chi connectivity index (χ1v) is 11.9. The highest BCUT2D eigenvalue weighted by atomic mass is 35.5. The van der Waals surface area contributed by atoms with Gasteiger partial charge < -0.3 is 5.73 Å². The largest absolute Gasteiger partial charge is 0.369 e. The van der Waals surface area contributed by atoms with E-state index in [0.717, 1.165) is 33.3 Å². The van der Waals surface area contributed by atoms with Crippen LogP contribution in [-0.4, -0.2) is 10.5 Å². The normalized spacial score (nSPS) is 11.5. The van der Waals surface area contributed by atoms with Gasteiger partial charge in [-0.1, -0.05) is 87.8 Å². The van der Waals surface area contributed by atoms with Crippen molar-refractivity contribution in [3.05, 3.63) is 98.8 Å². The summed E-state index contributed by atoms with van der Waals surface area (Å²) in [5.74, 6) is -0.170. The van der Waals surface area contributed by atoms with Crippen molar-refractivity contribution < 1.29 is 4.79 Å². The Bertz CT molecular complexity index is 1410. The van der Waals surface area contributed by atoms with E-state index in [1.54, 1.807) is 10.6 Å². The van der Waals surface area contributed by atoms with E-state index in [0.29, 0.717) is 16.1 Å². The highest BCUT2D eigenvalue weighted by Gasteiger charge is 2.24. The number of carbonyl (C=O) groups excluding carboxylic acids is 1. The number of benzene rings is 3. The van der Waals surface area contributed by atoms with Crippen LogP contribution in [0, 0.1) is 0 Å². The zero-order valence-corrected chi connectivity index (χ0v) is 20.7. The van der Waals surface area contributed by atoms with E-state index < -0.39 is 5.91 Å². The quantitative estimate of drug-likeness (QED) is 0.344. The lowest BCUT2D eigenvalue weighted by atomic mass is 9.90. The maximum Gasteiger partial charge on any atom is 0.259 e. The van der Waals surface area contributed by atoms with Gasteiger partial charge in [-0.15, -0.1) is 0 Å². The molecule has 4 rings (SSSR count). The van der Waals surface area contributed by atoms with Crippen molar-refractivity contribution in [1.29, 1.82) is 0 Å². The number of carbonyl (C=O) groups is 1. The molecule has 5 heteroatoms. The minimum atomic E-state index is -0.552. The van der Waals surface area contributed by atoms with Gasteiger partial charge in [0.05, 0.1) is 17.6 Å². The van der Waals surface area contributed by atoms with Crippen LogP contribution in [0.15, 0.2) is 71.5 Å². The summed E-state index contributed by atoms with van der Waals surface area (Å²) in [6.45, 7) is 8.48. The molecule has 0 unspecified atom stereocenters. The van der Waals surface area contributed by atoms with Crippen molar-refractivity contribution in [2.45, 2.75) is 46.0 Å². The molecule has 1 amide bonds. The summed E-state index contributed by atoms with van der Waals surface area (Å²) in [7, 11) is 0. The third-order valence-corrected chi connectivity index (χ3v) is 6.45. The SMILES string of the molecule is CC(C)c1cccc(C(C)C)c1-n1c(=O)c(CC(N)=O)c(-c2ccccc2)c2cc(Cl)ccc21. The fraction of sp³-hybridized carbons (Fsp3) is 0.241. The van der Waals surface area contributed by atoms with Crippen molar-refractivity contribution in [3.63, 3.8) is 0 Å². The van der Waals surface area contributed by atoms with Gasteiger partial charge >= 0.3 is 0 Å². The Morgan fingerprint density at radius 2 is 1.53 bits per heavy atom. The number of nitrogens with zero attached hydrogens (tertiary/aromatic N) is 1. The van der Waals surface area contributed by atoms with Crippen LogP contribution in [-0.2, 0) is 11.2 Å². The summed E-state index contributed by atoms with van der Waals surface area (Å²) in [5, 5.41) is 1.36. The van der Waals surface area contributed by atoms with Crippen LogP contribution in [0.1, 0.15) is 56.2 Å². The smallest absolute Gasteiger partial charge is 0.259 e. The molecule has 4 aromatic rings. The molecule has 0 atom stereocenters. The first-order chi connectivity index (χ1) is 16.2. The fourth-order valence-corrected chi connectivity index (χ4v) is 4.85. The van der Waals surface area contributed by atoms with E-state index in [9.17, 15) is 9.59 Å². The molecule has 0 spiro atoms. The van der Waals surface area contributed by atoms with Crippen LogP contribution in [0.4, 0.5) is 0 Å². The summed E-state index contributed by atoms with van der Waals surface area (Å²) in [6, 6.07) is 21.4. The van der Waals surface area contributed by atoms with E-state index >= 15 is 0 Å². The highest BCUT2D eigenvalue weighted by Crippen LogP contribution is 2.37. The van der Waals surface area contributed by atoms with E-state index in [-0.39, 0.29) is 23.8 Å². The summed E-state index contributed by atoms with van der Waals surface area (Å²) in [5.41, 5.74) is 11.1. The number of aromatic nitrogens is 1. The van der Waals surface area contributed by atoms with Gasteiger partial charge in [-0.2, -0.15) is 0 Å². The molecule has 1 heterocycles. The monoisotopic (exact) mass is 472 g/mol. The van der Waals surface area contributed by atoms with Gasteiger partial charge in [-0.05, 0) is 46.7 Å². The van der Waals surface area contributed by atoms with Crippen molar-refractivity contribution >= 4 is 28.4 Å². The lowest BCUT2D eigenvalue weighted by Gasteiger charge is -2.25. The number of nitrogens with two attached hydrogens (primary N) is 1. The zero-order chi connectivity index (χ0) is 24.6. The first kappa shape index (κ1) is 23.8. The lowest BCUT2D eigenvalue weighted by Crippen LogP contribution is -2.29. The molecule has 0 fully saturated rings. The molecule has 3 aromatic carbocycles. The molecule has 0 aliphatic carbocycles. The van der Waals surface area contributed by atoms with E-state index in [1.165, 1.54) is 0 Å². The number of pyridine rings is 1. The Morgan fingerprint density at radius 1 is 0.912 bits per heavy atom. The number of amides is 1. The number of hydrogen-bond acceptors (Lipinski definition) is 2. The standard InChI is InChI=1S/C29H29ClN2O2/c1-17(2)21-11-8-12-22(18(3)4)28(21)32-25-14-13-20(30)15-23(25)27(19-9-6-5-7-10-19)24(29(32)34)16-26(31)33/h5-15,17-18H,16H2,1-4H3,(H2,31,33). The zero-order valence-electron chi connectivity index (χ0n) is 19.9. The molecule has 0 bridgehead atoms. The van der Waals surface area contributed by atoms with Crippen LogP contribution in [0.25, 0.3) is 27.7 Å². The average molecular weight is 473 g/mol. The molecule has 0 aliphatic rings. The molecular weight excluding hydrogens is 444 g/mol. The molecule has 0 saturated heterocycles. The second-order valence-electron chi connectivity index (χ2n) is 9.26. The summed E-state index contributed by atoms with van der Waals surface area (Å²) in [4.78, 5) is 26.4. The van der Waals surface area contributed by atoms with E-state index in [4.69, 9.17) is 17.3 Å². The number of rotatable bonds is 6. The maximum absolute atomic E-state index is 14.3. The van der Waals surface area contributed by atoms with Crippen LogP contribution in [0.2, 0.25) is 5.02 Å². The predicted molar refractivity (Wildman–Crippen MR) is 141 cm³/mol. The molecule has 0 saturated carbocycles. The molecule has 174 valence electrons. The molecule has 2 N–H and O–H groups in total. The third-order valence-electron chi connectivity index (χ3n) is 6.21. The Labute approximate surface area is 205 Å². The number of primary amides is 1. The number of fused-ring (bicyclic) bond motifs is 1. The number of para-hydroxylation sites is 1. The Hall–Kier alpha value is -3.37. The van der Waals surface area contributed by atoms with Crippen LogP contribution < -0.4 is 11.3 Å². The molecule has 34 heavy (non-hydrogen) atoms. The molecule has 0 aliphatic heterocycles. The van der Waals surface area contributed by atoms with Crippen LogP contribution >= 0.6 is 11.6 Å².